The van der Waals surface area contributed by atoms with Gasteiger partial charge in [-0.25, -0.2) is 4.98 Å². The number of aromatic nitrogens is 1. The Bertz CT molecular complexity index is 423. The number of rotatable bonds is 7. The topological polar surface area (TPSA) is 58.5 Å². The third-order valence-electron chi connectivity index (χ3n) is 2.76. The third-order valence-corrected chi connectivity index (χ3v) is 3.95. The lowest BCUT2D eigenvalue weighted by molar-refractivity contribution is 0.179. The number of hydrogen-bond acceptors (Lipinski definition) is 4. The number of aliphatic imine (C=N–C) groups is 1. The van der Waals surface area contributed by atoms with Gasteiger partial charge in [0.25, 0.3) is 0 Å². The van der Waals surface area contributed by atoms with E-state index in [1.165, 1.54) is 5.01 Å². The maximum absolute atomic E-state index is 5.09. The molecule has 0 fully saturated rings. The molecule has 1 aromatic heterocycles. The summed E-state index contributed by atoms with van der Waals surface area (Å²) in [5.74, 6) is 1.31. The molecular formula is C14H27IN4OS. The highest BCUT2D eigenvalue weighted by molar-refractivity contribution is 14.0. The second-order valence-electron chi connectivity index (χ2n) is 5.08. The molecule has 0 saturated carbocycles. The lowest BCUT2D eigenvalue weighted by atomic mass is 10.2. The number of guanidine groups is 1. The van der Waals surface area contributed by atoms with Gasteiger partial charge in [-0.3, -0.25) is 4.99 Å². The van der Waals surface area contributed by atoms with E-state index in [9.17, 15) is 0 Å². The molecule has 2 N–H and O–H groups in total. The summed E-state index contributed by atoms with van der Waals surface area (Å²) < 4.78 is 5.09. The van der Waals surface area contributed by atoms with Crippen LogP contribution in [0.1, 0.15) is 37.4 Å². The van der Waals surface area contributed by atoms with E-state index in [-0.39, 0.29) is 30.0 Å². The van der Waals surface area contributed by atoms with Crippen molar-refractivity contribution in [3.05, 3.63) is 16.1 Å². The fourth-order valence-electron chi connectivity index (χ4n) is 1.73. The van der Waals surface area contributed by atoms with Gasteiger partial charge in [0.2, 0.25) is 0 Å². The molecule has 0 radical (unpaired) electrons. The molecule has 0 aliphatic heterocycles. The number of nitrogens with one attached hydrogen (secondary N) is 2. The average Bonchev–Trinajstić information content (AvgIpc) is 2.87. The van der Waals surface area contributed by atoms with Crippen LogP contribution in [-0.4, -0.2) is 44.3 Å². The van der Waals surface area contributed by atoms with Crippen molar-refractivity contribution in [3.8, 4) is 0 Å². The van der Waals surface area contributed by atoms with Crippen LogP contribution in [0.4, 0.5) is 0 Å². The fourth-order valence-corrected chi connectivity index (χ4v) is 2.60. The number of ether oxygens (including phenoxy) is 1. The zero-order valence-electron chi connectivity index (χ0n) is 13.5. The minimum Gasteiger partial charge on any atom is -0.383 e. The monoisotopic (exact) mass is 426 g/mol. The molecule has 0 amide bonds. The van der Waals surface area contributed by atoms with Gasteiger partial charge >= 0.3 is 0 Å². The predicted octanol–water partition coefficient (Wildman–Crippen LogP) is 2.63. The first-order chi connectivity index (χ1) is 9.56. The zero-order chi connectivity index (χ0) is 15.0. The number of halogens is 1. The summed E-state index contributed by atoms with van der Waals surface area (Å²) in [4.78, 5) is 8.82. The van der Waals surface area contributed by atoms with Gasteiger partial charge in [0.15, 0.2) is 5.96 Å². The number of nitrogens with zero attached hydrogens (tertiary/aromatic N) is 2. The molecule has 0 aliphatic carbocycles. The van der Waals surface area contributed by atoms with E-state index >= 15 is 0 Å². The summed E-state index contributed by atoms with van der Waals surface area (Å²) >= 11 is 1.74. The first-order valence-corrected chi connectivity index (χ1v) is 7.85. The molecule has 1 atom stereocenters. The maximum atomic E-state index is 5.09. The fraction of sp³-hybridized carbons (Fsp3) is 0.714. The van der Waals surface area contributed by atoms with Gasteiger partial charge in [-0.1, -0.05) is 13.8 Å². The summed E-state index contributed by atoms with van der Waals surface area (Å²) in [5, 5.41) is 9.91. The molecule has 7 heteroatoms. The lowest BCUT2D eigenvalue weighted by Gasteiger charge is -2.16. The first-order valence-electron chi connectivity index (χ1n) is 6.97. The highest BCUT2D eigenvalue weighted by Gasteiger charge is 2.07. The SMILES string of the molecule is CN=C(NCCc1csc(C(C)C)n1)NC(C)COC.I. The van der Waals surface area contributed by atoms with E-state index in [4.69, 9.17) is 4.74 Å². The van der Waals surface area contributed by atoms with Crippen LogP contribution in [0.2, 0.25) is 0 Å². The minimum absolute atomic E-state index is 0. The molecule has 1 heterocycles. The number of thiazole rings is 1. The Labute approximate surface area is 149 Å². The molecular weight excluding hydrogens is 399 g/mol. The van der Waals surface area contributed by atoms with Gasteiger partial charge in [0.1, 0.15) is 0 Å². The molecule has 122 valence electrons. The van der Waals surface area contributed by atoms with Crippen molar-refractivity contribution in [2.45, 2.75) is 39.2 Å². The Kier molecular flexibility index (Phi) is 11.0. The first kappa shape index (κ1) is 20.6. The Hall–Kier alpha value is -0.410. The van der Waals surface area contributed by atoms with Crippen LogP contribution in [-0.2, 0) is 11.2 Å². The van der Waals surface area contributed by atoms with E-state index < -0.39 is 0 Å². The van der Waals surface area contributed by atoms with Gasteiger partial charge in [-0.05, 0) is 6.92 Å². The van der Waals surface area contributed by atoms with E-state index in [0.29, 0.717) is 12.5 Å². The maximum Gasteiger partial charge on any atom is 0.191 e. The molecule has 0 aromatic carbocycles. The normalized spacial score (nSPS) is 13.0. The van der Waals surface area contributed by atoms with Crippen LogP contribution in [0.5, 0.6) is 0 Å². The highest BCUT2D eigenvalue weighted by atomic mass is 127. The quantitative estimate of drug-likeness (QED) is 0.400. The molecule has 0 aliphatic rings. The molecule has 21 heavy (non-hydrogen) atoms. The smallest absolute Gasteiger partial charge is 0.191 e. The summed E-state index contributed by atoms with van der Waals surface area (Å²) in [7, 11) is 3.47. The van der Waals surface area contributed by atoms with Crippen molar-refractivity contribution in [2.24, 2.45) is 4.99 Å². The van der Waals surface area contributed by atoms with Crippen molar-refractivity contribution in [3.63, 3.8) is 0 Å². The minimum atomic E-state index is 0. The molecule has 1 unspecified atom stereocenters. The van der Waals surface area contributed by atoms with E-state index in [2.05, 4.69) is 46.8 Å². The average molecular weight is 426 g/mol. The molecule has 0 bridgehead atoms. The molecule has 5 nitrogen and oxygen atoms in total. The number of hydrogen-bond donors (Lipinski definition) is 2. The van der Waals surface area contributed by atoms with Crippen molar-refractivity contribution in [1.82, 2.24) is 15.6 Å². The van der Waals surface area contributed by atoms with Gasteiger partial charge in [-0.2, -0.15) is 0 Å². The molecule has 0 saturated heterocycles. The lowest BCUT2D eigenvalue weighted by Crippen LogP contribution is -2.44. The van der Waals surface area contributed by atoms with Crippen LogP contribution in [0.3, 0.4) is 0 Å². The molecule has 1 rings (SSSR count). The second-order valence-corrected chi connectivity index (χ2v) is 5.97. The molecule has 1 aromatic rings. The molecule has 0 spiro atoms. The Morgan fingerprint density at radius 3 is 2.67 bits per heavy atom. The number of methoxy groups -OCH3 is 1. The van der Waals surface area contributed by atoms with Gasteiger partial charge in [0.05, 0.1) is 17.3 Å². The van der Waals surface area contributed by atoms with Crippen molar-refractivity contribution in [2.75, 3.05) is 27.3 Å². The summed E-state index contributed by atoms with van der Waals surface area (Å²) in [6.45, 7) is 7.88. The Morgan fingerprint density at radius 1 is 1.43 bits per heavy atom. The summed E-state index contributed by atoms with van der Waals surface area (Å²) in [6, 6.07) is 0.234. The van der Waals surface area contributed by atoms with Gasteiger partial charge in [-0.15, -0.1) is 35.3 Å². The van der Waals surface area contributed by atoms with Gasteiger partial charge < -0.3 is 15.4 Å². The van der Waals surface area contributed by atoms with Gasteiger partial charge in [0, 0.05) is 44.5 Å². The van der Waals surface area contributed by atoms with Crippen LogP contribution >= 0.6 is 35.3 Å². The second kappa shape index (κ2) is 11.2. The van der Waals surface area contributed by atoms with E-state index in [1.807, 2.05) is 0 Å². The Morgan fingerprint density at radius 2 is 2.14 bits per heavy atom. The van der Waals surface area contributed by atoms with Crippen LogP contribution < -0.4 is 10.6 Å². The summed E-state index contributed by atoms with van der Waals surface area (Å²) in [5.41, 5.74) is 1.14. The zero-order valence-corrected chi connectivity index (χ0v) is 16.6. The predicted molar refractivity (Wildman–Crippen MR) is 101 cm³/mol. The highest BCUT2D eigenvalue weighted by Crippen LogP contribution is 2.19. The van der Waals surface area contributed by atoms with E-state index in [1.54, 1.807) is 25.5 Å². The summed E-state index contributed by atoms with van der Waals surface area (Å²) in [6.07, 6.45) is 0.905. The van der Waals surface area contributed by atoms with Crippen LogP contribution in [0, 0.1) is 0 Å². The Balaban J connectivity index is 0.00000400. The van der Waals surface area contributed by atoms with Crippen molar-refractivity contribution < 1.29 is 4.74 Å². The van der Waals surface area contributed by atoms with E-state index in [0.717, 1.165) is 24.6 Å². The van der Waals surface area contributed by atoms with Crippen molar-refractivity contribution >= 4 is 41.3 Å². The standard InChI is InChI=1S/C14H26N4OS.HI/c1-10(2)13-18-12(9-20-13)6-7-16-14(15-4)17-11(3)8-19-5;/h9-11H,6-8H2,1-5H3,(H2,15,16,17);1H. The van der Waals surface area contributed by atoms with Crippen LogP contribution in [0.15, 0.2) is 10.4 Å². The van der Waals surface area contributed by atoms with Crippen LogP contribution in [0.25, 0.3) is 0 Å². The third kappa shape index (κ3) is 7.96. The van der Waals surface area contributed by atoms with Crippen molar-refractivity contribution in [1.29, 1.82) is 0 Å². The largest absolute Gasteiger partial charge is 0.383 e.